The molecule has 2 aromatic rings. The predicted molar refractivity (Wildman–Crippen MR) is 112 cm³/mol. The van der Waals surface area contributed by atoms with Crippen LogP contribution in [0.2, 0.25) is 0 Å². The van der Waals surface area contributed by atoms with Crippen LogP contribution in [0.1, 0.15) is 29.0 Å². The molecule has 8 nitrogen and oxygen atoms in total. The van der Waals surface area contributed by atoms with Gasteiger partial charge in [0.15, 0.2) is 0 Å². The van der Waals surface area contributed by atoms with Crippen LogP contribution in [0.5, 0.6) is 0 Å². The monoisotopic (exact) mass is 467 g/mol. The summed E-state index contributed by atoms with van der Waals surface area (Å²) < 4.78 is 44.5. The molecule has 3 rings (SSSR count). The summed E-state index contributed by atoms with van der Waals surface area (Å²) in [5.74, 6) is -2.29. The topological polar surface area (TPSA) is 107 Å². The number of piperidine rings is 1. The van der Waals surface area contributed by atoms with Gasteiger partial charge in [-0.2, -0.15) is 22.4 Å². The lowest BCUT2D eigenvalue weighted by Gasteiger charge is -2.42. The average molecular weight is 467 g/mol. The molecule has 33 heavy (non-hydrogen) atoms. The number of methoxy groups -OCH3 is 1. The molecule has 3 atom stereocenters. The molecule has 1 fully saturated rings. The Labute approximate surface area is 186 Å². The highest BCUT2D eigenvalue weighted by Crippen LogP contribution is 2.41. The number of nitro benzene ring substituents is 1. The zero-order chi connectivity index (χ0) is 24.6. The summed E-state index contributed by atoms with van der Waals surface area (Å²) in [6.45, 7) is 0.995. The summed E-state index contributed by atoms with van der Waals surface area (Å²) >= 11 is 0. The number of non-ortho nitro benzene ring substituents is 1. The fourth-order valence-corrected chi connectivity index (χ4v) is 4.43. The van der Waals surface area contributed by atoms with Crippen molar-refractivity contribution in [2.24, 2.45) is 5.92 Å². The van der Waals surface area contributed by atoms with Crippen molar-refractivity contribution in [3.05, 3.63) is 69.3 Å². The van der Waals surface area contributed by atoms with Crippen LogP contribution < -0.4 is 4.48 Å². The molecule has 1 heterocycles. The molecule has 0 radical (unpaired) electrons. The highest BCUT2D eigenvalue weighted by Gasteiger charge is 2.51. The highest BCUT2D eigenvalue weighted by molar-refractivity contribution is 5.83. The summed E-state index contributed by atoms with van der Waals surface area (Å²) in [5, 5.41) is 21.2. The van der Waals surface area contributed by atoms with Crippen molar-refractivity contribution in [3.63, 3.8) is 0 Å². The van der Waals surface area contributed by atoms with Gasteiger partial charge in [-0.1, -0.05) is 12.1 Å². The summed E-state index contributed by atoms with van der Waals surface area (Å²) in [4.78, 5) is 35.3. The number of benzene rings is 2. The normalized spacial score (nSPS) is 23.1. The van der Waals surface area contributed by atoms with Crippen LogP contribution >= 0.6 is 0 Å². The van der Waals surface area contributed by atoms with E-state index in [1.807, 2.05) is 0 Å². The number of quaternary nitrogens is 1. The molecule has 1 aliphatic heterocycles. The lowest BCUT2D eigenvalue weighted by Crippen LogP contribution is -2.62. The first kappa shape index (κ1) is 24.2. The number of hydrogen-bond donors (Lipinski definition) is 1. The number of carbonyl (C=O) groups excluding carboxylic acids is 1. The van der Waals surface area contributed by atoms with Gasteiger partial charge in [-0.3, -0.25) is 14.9 Å². The Balaban J connectivity index is 2.12. The van der Waals surface area contributed by atoms with E-state index in [4.69, 9.17) is 4.74 Å². The number of nitrogens with zero attached hydrogens (tertiary/aromatic N) is 2. The third-order valence-corrected chi connectivity index (χ3v) is 6.13. The maximum atomic E-state index is 13.5. The number of nitro groups is 1. The Morgan fingerprint density at radius 2 is 1.79 bits per heavy atom. The number of alkyl halides is 3. The van der Waals surface area contributed by atoms with Crippen LogP contribution in [0.4, 0.5) is 29.3 Å². The summed E-state index contributed by atoms with van der Waals surface area (Å²) in [7, 11) is 1.15. The SMILES string of the molecule is COC(=O)C1CC(c2ccc(C)c(C(F)(F)F)c2)C[N+](C(=O)O)(c2ccc([N+](=O)[O-])cc2)C1. The second-order valence-electron chi connectivity index (χ2n) is 8.11. The van der Waals surface area contributed by atoms with Crippen molar-refractivity contribution < 1.29 is 37.5 Å². The first-order chi connectivity index (χ1) is 15.4. The minimum atomic E-state index is -4.59. The molecule has 176 valence electrons. The van der Waals surface area contributed by atoms with E-state index >= 15 is 0 Å². The number of carbonyl (C=O) groups is 2. The third-order valence-electron chi connectivity index (χ3n) is 6.13. The number of hydrogen-bond acceptors (Lipinski definition) is 5. The van der Waals surface area contributed by atoms with Gasteiger partial charge in [0, 0.05) is 30.2 Å². The van der Waals surface area contributed by atoms with Gasteiger partial charge in [0.25, 0.3) is 5.69 Å². The largest absolute Gasteiger partial charge is 0.518 e. The first-order valence-corrected chi connectivity index (χ1v) is 10.00. The Hall–Kier alpha value is -3.47. The molecule has 3 unspecified atom stereocenters. The molecular formula is C22H22F3N2O6+. The second-order valence-corrected chi connectivity index (χ2v) is 8.11. The number of likely N-dealkylation sites (tertiary alicyclic amines) is 1. The Morgan fingerprint density at radius 1 is 1.15 bits per heavy atom. The first-order valence-electron chi connectivity index (χ1n) is 10.00. The predicted octanol–water partition coefficient (Wildman–Crippen LogP) is 4.88. The molecule has 1 amide bonds. The van der Waals surface area contributed by atoms with Crippen LogP contribution in [0.15, 0.2) is 42.5 Å². The van der Waals surface area contributed by atoms with Gasteiger partial charge >= 0.3 is 18.2 Å². The third kappa shape index (κ3) is 4.68. The number of amides is 1. The van der Waals surface area contributed by atoms with Crippen LogP contribution in [-0.2, 0) is 15.7 Å². The number of halogens is 3. The zero-order valence-electron chi connectivity index (χ0n) is 17.8. The van der Waals surface area contributed by atoms with E-state index in [2.05, 4.69) is 0 Å². The molecular weight excluding hydrogens is 445 g/mol. The molecule has 1 saturated heterocycles. The molecule has 0 aromatic heterocycles. The minimum Gasteiger partial charge on any atom is -0.469 e. The number of aryl methyl sites for hydroxylation is 1. The van der Waals surface area contributed by atoms with Gasteiger partial charge < -0.3 is 9.84 Å². The molecule has 0 bridgehead atoms. The van der Waals surface area contributed by atoms with Crippen molar-refractivity contribution >= 4 is 23.4 Å². The number of rotatable bonds is 4. The number of esters is 1. The van der Waals surface area contributed by atoms with Gasteiger partial charge in [-0.25, -0.2) is 0 Å². The molecule has 1 N–H and O–H groups in total. The smallest absolute Gasteiger partial charge is 0.469 e. The quantitative estimate of drug-likeness (QED) is 0.297. The molecule has 0 spiro atoms. The molecule has 2 aromatic carbocycles. The van der Waals surface area contributed by atoms with Gasteiger partial charge in [0.2, 0.25) is 0 Å². The van der Waals surface area contributed by atoms with Crippen LogP contribution in [0.3, 0.4) is 0 Å². The lowest BCUT2D eigenvalue weighted by molar-refractivity contribution is -0.384. The van der Waals surface area contributed by atoms with Gasteiger partial charge in [-0.15, -0.1) is 0 Å². The van der Waals surface area contributed by atoms with E-state index in [-0.39, 0.29) is 42.0 Å². The van der Waals surface area contributed by atoms with E-state index in [0.717, 1.165) is 25.3 Å². The van der Waals surface area contributed by atoms with Crippen LogP contribution in [-0.4, -0.2) is 42.3 Å². The molecule has 0 saturated carbocycles. The summed E-state index contributed by atoms with van der Waals surface area (Å²) in [6.07, 6.45) is -5.81. The van der Waals surface area contributed by atoms with Crippen molar-refractivity contribution in [1.29, 1.82) is 0 Å². The Morgan fingerprint density at radius 3 is 2.30 bits per heavy atom. The fraction of sp³-hybridized carbons (Fsp3) is 0.364. The van der Waals surface area contributed by atoms with E-state index in [0.29, 0.717) is 0 Å². The van der Waals surface area contributed by atoms with Gasteiger partial charge in [-0.05, 0) is 30.5 Å². The lowest BCUT2D eigenvalue weighted by atomic mass is 9.81. The van der Waals surface area contributed by atoms with Gasteiger partial charge in [0.05, 0.1) is 17.6 Å². The van der Waals surface area contributed by atoms with E-state index in [9.17, 15) is 38.0 Å². The van der Waals surface area contributed by atoms with Crippen molar-refractivity contribution in [3.8, 4) is 0 Å². The number of ether oxygens (including phenoxy) is 1. The average Bonchev–Trinajstić information content (AvgIpc) is 2.77. The Kier molecular flexibility index (Phi) is 6.46. The summed E-state index contributed by atoms with van der Waals surface area (Å²) in [6, 6.07) is 8.71. The van der Waals surface area contributed by atoms with E-state index in [1.54, 1.807) is 0 Å². The highest BCUT2D eigenvalue weighted by atomic mass is 19.4. The standard InChI is InChI=1S/C22H21F3N2O6/c1-13-3-4-14(10-19(13)22(23,24)25)15-9-16(20(28)33-2)12-27(11-15,21(29)30)18-7-5-17(6-8-18)26(31)32/h3-8,10,15-16H,9,11-12H2,1-2H3/p+1. The maximum Gasteiger partial charge on any atom is 0.518 e. The molecule has 0 aliphatic carbocycles. The molecule has 11 heteroatoms. The minimum absolute atomic E-state index is 0.0286. The summed E-state index contributed by atoms with van der Waals surface area (Å²) in [5.41, 5.74) is -0.611. The molecule has 1 aliphatic rings. The van der Waals surface area contributed by atoms with E-state index in [1.165, 1.54) is 31.2 Å². The Bertz CT molecular complexity index is 1090. The van der Waals surface area contributed by atoms with Crippen molar-refractivity contribution in [2.45, 2.75) is 25.4 Å². The zero-order valence-corrected chi connectivity index (χ0v) is 17.8. The van der Waals surface area contributed by atoms with Crippen molar-refractivity contribution in [1.82, 2.24) is 4.48 Å². The number of carboxylic acid groups (broad SMARTS) is 1. The fourth-order valence-electron chi connectivity index (χ4n) is 4.43. The van der Waals surface area contributed by atoms with Crippen LogP contribution in [0, 0.1) is 23.0 Å². The van der Waals surface area contributed by atoms with Gasteiger partial charge in [0.1, 0.15) is 24.7 Å². The second kappa shape index (κ2) is 8.81. The van der Waals surface area contributed by atoms with Crippen LogP contribution in [0.25, 0.3) is 0 Å². The van der Waals surface area contributed by atoms with Crippen molar-refractivity contribution in [2.75, 3.05) is 20.2 Å². The van der Waals surface area contributed by atoms with E-state index < -0.39 is 45.0 Å². The maximum absolute atomic E-state index is 13.5.